The van der Waals surface area contributed by atoms with Crippen molar-refractivity contribution in [2.75, 3.05) is 5.32 Å². The topological polar surface area (TPSA) is 89.8 Å². The average molecular weight is 510 g/mol. The zero-order valence-corrected chi connectivity index (χ0v) is 22.9. The number of rotatable bonds is 6. The number of hydrogen-bond acceptors (Lipinski definition) is 4. The summed E-state index contributed by atoms with van der Waals surface area (Å²) in [6, 6.07) is 7.70. The zero-order chi connectivity index (χ0) is 26.5. The molecule has 1 aromatic carbocycles. The van der Waals surface area contributed by atoms with Gasteiger partial charge in [0.2, 0.25) is 5.91 Å². The highest BCUT2D eigenvalue weighted by atomic mass is 16.3. The number of amides is 1. The third-order valence-corrected chi connectivity index (χ3v) is 11.8. The van der Waals surface area contributed by atoms with Crippen LogP contribution in [0.4, 0.5) is 5.69 Å². The van der Waals surface area contributed by atoms with Crippen LogP contribution in [0.2, 0.25) is 0 Å². The van der Waals surface area contributed by atoms with Gasteiger partial charge in [-0.25, -0.2) is 0 Å². The predicted octanol–water partition coefficient (Wildman–Crippen LogP) is 5.65. The maximum atomic E-state index is 12.7. The van der Waals surface area contributed by atoms with Gasteiger partial charge in [-0.2, -0.15) is 0 Å². The molecule has 1 amide bonds. The number of nitrogens with one attached hydrogen (secondary N) is 1. The number of anilines is 1. The van der Waals surface area contributed by atoms with E-state index >= 15 is 0 Å². The summed E-state index contributed by atoms with van der Waals surface area (Å²) in [4.78, 5) is 12.7. The van der Waals surface area contributed by atoms with E-state index in [9.17, 15) is 20.1 Å². The minimum Gasteiger partial charge on any atom is -0.393 e. The maximum absolute atomic E-state index is 12.7. The summed E-state index contributed by atoms with van der Waals surface area (Å²) in [5, 5.41) is 36.5. The lowest BCUT2D eigenvalue weighted by atomic mass is 9.43. The van der Waals surface area contributed by atoms with Gasteiger partial charge in [-0.1, -0.05) is 45.6 Å². The molecule has 0 heterocycles. The number of fused-ring (bicyclic) bond motifs is 5. The summed E-state index contributed by atoms with van der Waals surface area (Å²) < 4.78 is 0. The lowest BCUT2D eigenvalue weighted by Gasteiger charge is -2.63. The fraction of sp³-hybridized carbons (Fsp3) is 0.719. The van der Waals surface area contributed by atoms with Crippen molar-refractivity contribution in [2.45, 2.75) is 96.9 Å². The van der Waals surface area contributed by atoms with E-state index in [4.69, 9.17) is 0 Å². The third-order valence-electron chi connectivity index (χ3n) is 11.8. The van der Waals surface area contributed by atoms with E-state index in [1.165, 1.54) is 0 Å². The molecule has 0 saturated heterocycles. The Morgan fingerprint density at radius 1 is 1.08 bits per heavy atom. The number of carbonyl (C=O) groups excluding carboxylic acids is 1. The smallest absolute Gasteiger partial charge is 0.224 e. The van der Waals surface area contributed by atoms with Gasteiger partial charge in [-0.05, 0) is 115 Å². The molecule has 0 bridgehead atoms. The Balaban J connectivity index is 1.26. The van der Waals surface area contributed by atoms with Gasteiger partial charge in [0.15, 0.2) is 0 Å². The molecule has 1 unspecified atom stereocenters. The van der Waals surface area contributed by atoms with E-state index in [1.54, 1.807) is 6.08 Å². The standard InChI is InChI=1S/C32H47NO4/c1-5-20-7-9-22(10-8-20)33-29(37)13-6-19(2)24-11-12-25-30-26(18-28(36)32(24,25)4)31(3)15-14-23(34)16-21(31)17-27(30)35/h5,7-10,19,21,23-28,30,34-36H,1,6,11-18H2,2-4H3,(H,33,37)/t19-,21+,23-,24?,25+,26+,27-,28+,30+,31+,32-/m1/s1. The lowest BCUT2D eigenvalue weighted by molar-refractivity contribution is -0.207. The van der Waals surface area contributed by atoms with Crippen LogP contribution in [0.25, 0.3) is 6.08 Å². The van der Waals surface area contributed by atoms with Gasteiger partial charge < -0.3 is 20.6 Å². The Morgan fingerprint density at radius 3 is 2.51 bits per heavy atom. The van der Waals surface area contributed by atoms with Crippen LogP contribution in [0.3, 0.4) is 0 Å². The summed E-state index contributed by atoms with van der Waals surface area (Å²) in [6.45, 7) is 10.7. The predicted molar refractivity (Wildman–Crippen MR) is 148 cm³/mol. The number of benzene rings is 1. The van der Waals surface area contributed by atoms with Gasteiger partial charge in [-0.15, -0.1) is 0 Å². The van der Waals surface area contributed by atoms with Gasteiger partial charge in [0.05, 0.1) is 18.3 Å². The average Bonchev–Trinajstić information content (AvgIpc) is 3.23. The van der Waals surface area contributed by atoms with Crippen LogP contribution in [-0.4, -0.2) is 39.5 Å². The number of hydrogen-bond donors (Lipinski definition) is 4. The molecule has 5 heteroatoms. The Labute approximate surface area is 222 Å². The summed E-state index contributed by atoms with van der Waals surface area (Å²) in [5.41, 5.74) is 1.70. The van der Waals surface area contributed by atoms with E-state index in [1.807, 2.05) is 24.3 Å². The number of carbonyl (C=O) groups is 1. The number of aliphatic hydroxyl groups excluding tert-OH is 3. The van der Waals surface area contributed by atoms with Crippen molar-refractivity contribution >= 4 is 17.7 Å². The third kappa shape index (κ3) is 4.59. The molecule has 0 aliphatic heterocycles. The normalized spacial score (nSPS) is 43.7. The first-order chi connectivity index (χ1) is 17.6. The fourth-order valence-electron chi connectivity index (χ4n) is 9.62. The summed E-state index contributed by atoms with van der Waals surface area (Å²) in [6.07, 6.45) is 8.32. The van der Waals surface area contributed by atoms with Crippen LogP contribution < -0.4 is 5.32 Å². The molecule has 4 fully saturated rings. The van der Waals surface area contributed by atoms with Gasteiger partial charge >= 0.3 is 0 Å². The van der Waals surface area contributed by atoms with Crippen molar-refractivity contribution in [2.24, 2.45) is 46.3 Å². The second kappa shape index (κ2) is 10.1. The van der Waals surface area contributed by atoms with E-state index in [0.717, 1.165) is 62.6 Å². The van der Waals surface area contributed by atoms with Gasteiger partial charge in [0.25, 0.3) is 0 Å². The van der Waals surface area contributed by atoms with E-state index in [2.05, 4.69) is 32.7 Å². The molecule has 0 spiro atoms. The van der Waals surface area contributed by atoms with Gasteiger partial charge in [0, 0.05) is 12.1 Å². The molecule has 11 atom stereocenters. The summed E-state index contributed by atoms with van der Waals surface area (Å²) in [5.74, 6) is 1.89. The molecular weight excluding hydrogens is 462 g/mol. The molecule has 5 rings (SSSR count). The highest BCUT2D eigenvalue weighted by Crippen LogP contribution is 2.68. The molecule has 4 N–H and O–H groups in total. The fourth-order valence-corrected chi connectivity index (χ4v) is 9.62. The molecule has 37 heavy (non-hydrogen) atoms. The summed E-state index contributed by atoms with van der Waals surface area (Å²) in [7, 11) is 0. The first kappa shape index (κ1) is 26.9. The second-order valence-electron chi connectivity index (χ2n) is 13.4. The Morgan fingerprint density at radius 2 is 1.81 bits per heavy atom. The SMILES string of the molecule is C=Cc1ccc(NC(=O)CC[C@@H](C)C2CC[C@H]3[C@@H]4[C@H](O)C[C@@H]5C[C@H](O)CC[C@]5(C)[C@H]4C[C@H](O)[C@]23C)cc1. The van der Waals surface area contributed by atoms with Crippen molar-refractivity contribution in [3.05, 3.63) is 36.4 Å². The monoisotopic (exact) mass is 509 g/mol. The van der Waals surface area contributed by atoms with Crippen molar-refractivity contribution in [1.82, 2.24) is 0 Å². The lowest BCUT2D eigenvalue weighted by Crippen LogP contribution is -2.62. The van der Waals surface area contributed by atoms with Crippen LogP contribution in [0, 0.1) is 46.3 Å². The van der Waals surface area contributed by atoms with Crippen molar-refractivity contribution in [3.63, 3.8) is 0 Å². The quantitative estimate of drug-likeness (QED) is 0.399. The molecule has 0 aromatic heterocycles. The zero-order valence-electron chi connectivity index (χ0n) is 22.9. The van der Waals surface area contributed by atoms with Crippen molar-refractivity contribution in [1.29, 1.82) is 0 Å². The minimum atomic E-state index is -0.388. The summed E-state index contributed by atoms with van der Waals surface area (Å²) >= 11 is 0. The van der Waals surface area contributed by atoms with Crippen molar-refractivity contribution in [3.8, 4) is 0 Å². The van der Waals surface area contributed by atoms with E-state index in [-0.39, 0.29) is 41.0 Å². The molecule has 204 valence electrons. The second-order valence-corrected chi connectivity index (χ2v) is 13.4. The van der Waals surface area contributed by atoms with Crippen molar-refractivity contribution < 1.29 is 20.1 Å². The first-order valence-corrected chi connectivity index (χ1v) is 14.6. The minimum absolute atomic E-state index is 0.0308. The Hall–Kier alpha value is -1.69. The Kier molecular flexibility index (Phi) is 7.36. The van der Waals surface area contributed by atoms with Crippen LogP contribution in [-0.2, 0) is 4.79 Å². The molecule has 4 aliphatic carbocycles. The molecule has 4 aliphatic rings. The van der Waals surface area contributed by atoms with Crippen LogP contribution in [0.15, 0.2) is 30.8 Å². The Bertz CT molecular complexity index is 993. The highest BCUT2D eigenvalue weighted by Gasteiger charge is 2.65. The molecule has 5 nitrogen and oxygen atoms in total. The molecular formula is C32H47NO4. The molecule has 4 saturated carbocycles. The maximum Gasteiger partial charge on any atom is 0.224 e. The molecule has 1 aromatic rings. The van der Waals surface area contributed by atoms with Crippen LogP contribution in [0.1, 0.15) is 84.1 Å². The van der Waals surface area contributed by atoms with E-state index < -0.39 is 0 Å². The van der Waals surface area contributed by atoms with Gasteiger partial charge in [-0.3, -0.25) is 4.79 Å². The first-order valence-electron chi connectivity index (χ1n) is 14.6. The largest absolute Gasteiger partial charge is 0.393 e. The number of aliphatic hydroxyl groups is 3. The van der Waals surface area contributed by atoms with Gasteiger partial charge in [0.1, 0.15) is 0 Å². The molecule has 0 radical (unpaired) electrons. The van der Waals surface area contributed by atoms with E-state index in [0.29, 0.717) is 36.0 Å². The highest BCUT2D eigenvalue weighted by molar-refractivity contribution is 5.90. The van der Waals surface area contributed by atoms with Crippen LogP contribution >= 0.6 is 0 Å². The van der Waals surface area contributed by atoms with Crippen LogP contribution in [0.5, 0.6) is 0 Å².